The molecule has 18 nitrogen and oxygen atoms in total. The van der Waals surface area contributed by atoms with Gasteiger partial charge < -0.3 is 44.5 Å². The zero-order chi connectivity index (χ0) is 46.4. The molecule has 356 valence electrons. The number of likely N-dealkylation sites (N-methyl/N-ethyl adjacent to an activating group) is 1. The number of carbonyl (C=O) groups excluding carboxylic acids is 3. The number of hydrogen-bond acceptors (Lipinski definition) is 14. The lowest BCUT2D eigenvalue weighted by Gasteiger charge is -2.63. The number of aliphatic hydroxyl groups is 2. The summed E-state index contributed by atoms with van der Waals surface area (Å²) in [5.41, 5.74) is -1.62. The first-order valence-corrected chi connectivity index (χ1v) is 23.3. The third-order valence-corrected chi connectivity index (χ3v) is 15.6. The molecule has 1 saturated carbocycles. The maximum atomic E-state index is 15.3. The quantitative estimate of drug-likeness (QED) is 0.0987. The number of para-hydroxylation sites is 1. The Bertz CT molecular complexity index is 2510. The lowest BCUT2D eigenvalue weighted by Crippen LogP contribution is -2.81. The van der Waals surface area contributed by atoms with E-state index in [0.717, 1.165) is 33.4 Å². The van der Waals surface area contributed by atoms with Crippen LogP contribution in [0.2, 0.25) is 0 Å². The molecule has 65 heavy (non-hydrogen) atoms. The number of nitrogens with one attached hydrogen (secondary N) is 1. The van der Waals surface area contributed by atoms with Gasteiger partial charge in [-0.05, 0) is 74.2 Å². The van der Waals surface area contributed by atoms with E-state index in [9.17, 15) is 19.8 Å². The van der Waals surface area contributed by atoms with Gasteiger partial charge in [-0.15, -0.1) is 0 Å². The van der Waals surface area contributed by atoms with Crippen molar-refractivity contribution in [3.05, 3.63) is 70.9 Å². The van der Waals surface area contributed by atoms with Crippen LogP contribution in [0.5, 0.6) is 5.75 Å². The molecule has 2 aromatic carbocycles. The number of esters is 3. The summed E-state index contributed by atoms with van der Waals surface area (Å²) in [5, 5.41) is 26.3. The Morgan fingerprint density at radius 1 is 0.938 bits per heavy atom. The van der Waals surface area contributed by atoms with Crippen LogP contribution in [0.3, 0.4) is 0 Å². The van der Waals surface area contributed by atoms with Gasteiger partial charge in [0.05, 0.1) is 33.0 Å². The van der Waals surface area contributed by atoms with Crippen LogP contribution in [-0.2, 0) is 56.2 Å². The highest BCUT2D eigenvalue weighted by atomic mass is 32.3. The largest absolute Gasteiger partial charge is 0.496 e. The van der Waals surface area contributed by atoms with Crippen molar-refractivity contribution in [1.82, 2.24) is 14.8 Å². The molecule has 1 spiro atoms. The maximum absolute atomic E-state index is 15.3. The molecular weight excluding hydrogens is 865 g/mol. The minimum Gasteiger partial charge on any atom is -0.496 e. The monoisotopic (exact) mass is 926 g/mol. The lowest BCUT2D eigenvalue weighted by molar-refractivity contribution is -0.228. The molecule has 1 aliphatic carbocycles. The molecule has 7 N–H and O–H groups in total. The summed E-state index contributed by atoms with van der Waals surface area (Å²) in [6.07, 6.45) is 5.94. The second-order valence-electron chi connectivity index (χ2n) is 18.7. The fraction of sp³-hybridized carbons (Fsp3) is 0.587. The van der Waals surface area contributed by atoms with Crippen molar-refractivity contribution in [2.45, 2.75) is 99.5 Å². The van der Waals surface area contributed by atoms with Crippen molar-refractivity contribution in [2.24, 2.45) is 11.3 Å². The van der Waals surface area contributed by atoms with Crippen molar-refractivity contribution >= 4 is 44.9 Å². The van der Waals surface area contributed by atoms with Gasteiger partial charge in [-0.2, -0.15) is 8.42 Å². The van der Waals surface area contributed by atoms with Crippen LogP contribution in [0.1, 0.15) is 75.3 Å². The summed E-state index contributed by atoms with van der Waals surface area (Å²) in [4.78, 5) is 53.2. The van der Waals surface area contributed by atoms with Crippen LogP contribution in [0.4, 0.5) is 5.69 Å². The molecule has 1 unspecified atom stereocenters. The van der Waals surface area contributed by atoms with Gasteiger partial charge in [-0.3, -0.25) is 28.5 Å². The number of aromatic amines is 1. The van der Waals surface area contributed by atoms with Gasteiger partial charge in [-0.1, -0.05) is 44.2 Å². The van der Waals surface area contributed by atoms with Crippen molar-refractivity contribution in [3.8, 4) is 5.75 Å². The Morgan fingerprint density at radius 2 is 1.63 bits per heavy atom. The summed E-state index contributed by atoms with van der Waals surface area (Å²) in [6, 6.07) is 11.0. The summed E-state index contributed by atoms with van der Waals surface area (Å²) in [6.45, 7) is 8.62. The van der Waals surface area contributed by atoms with E-state index in [0.29, 0.717) is 82.6 Å². The van der Waals surface area contributed by atoms with Crippen LogP contribution in [0.15, 0.2) is 48.6 Å². The Labute approximate surface area is 378 Å². The Morgan fingerprint density at radius 3 is 2.26 bits per heavy atom. The number of nitrogens with zero attached hydrogens (tertiary/aromatic N) is 3. The lowest BCUT2D eigenvalue weighted by atomic mass is 9.47. The average Bonchev–Trinajstić information content (AvgIpc) is 3.92. The second-order valence-corrected chi connectivity index (χ2v) is 19.5. The molecule has 0 radical (unpaired) electrons. The predicted octanol–water partition coefficient (Wildman–Crippen LogP) is 2.51. The van der Waals surface area contributed by atoms with E-state index in [1.165, 1.54) is 21.1 Å². The van der Waals surface area contributed by atoms with Crippen molar-refractivity contribution < 1.29 is 66.5 Å². The van der Waals surface area contributed by atoms with Crippen LogP contribution in [0.25, 0.3) is 10.9 Å². The molecular formula is C46H62N4O14S. The number of hydrogen-bond donors (Lipinski definition) is 5. The molecule has 6 aliphatic rings. The highest BCUT2D eigenvalue weighted by Crippen LogP contribution is 2.68. The summed E-state index contributed by atoms with van der Waals surface area (Å²) in [7, 11) is 1.49. The van der Waals surface area contributed by atoms with Gasteiger partial charge in [-0.25, -0.2) is 4.79 Å². The average molecular weight is 927 g/mol. The third kappa shape index (κ3) is 7.15. The molecule has 5 aliphatic heterocycles. The number of H-pyrrole nitrogens is 1. The Balaban J connectivity index is 0.000000997. The molecule has 0 amide bonds. The molecule has 3 fully saturated rings. The third-order valence-electron chi connectivity index (χ3n) is 15.6. The Kier molecular flexibility index (Phi) is 12.6. The van der Waals surface area contributed by atoms with Crippen molar-refractivity contribution in [1.29, 1.82) is 0 Å². The SMILES string of the molecule is CC[C@]1(O)C[C@@H]2CN(CCc3c([nH]c4ccccc34)[C@@](C(=O)OC)(c3cc4c(cc3OC)N(C)[C@H]3[C@@](O)(C(=O)OC)[C@H](OC(C)=O)[C@]5(CC)C=CCN6CC[C@]43[C@@H]65)C2)C1.O.O=S(=O)(O)O. The molecule has 10 atom stereocenters. The molecule has 9 rings (SSSR count). The number of ether oxygens (including phenoxy) is 4. The minimum absolute atomic E-state index is 0. The number of benzene rings is 2. The van der Waals surface area contributed by atoms with E-state index < -0.39 is 67.9 Å². The molecule has 2 saturated heterocycles. The summed E-state index contributed by atoms with van der Waals surface area (Å²) in [5.74, 6) is -1.56. The number of aromatic nitrogens is 1. The smallest absolute Gasteiger partial charge is 0.394 e. The highest BCUT2D eigenvalue weighted by molar-refractivity contribution is 7.79. The number of methoxy groups -OCH3 is 3. The summed E-state index contributed by atoms with van der Waals surface area (Å²) < 4.78 is 55.5. The molecule has 1 aromatic heterocycles. The Hall–Kier alpha value is -4.60. The first kappa shape index (κ1) is 48.3. The van der Waals surface area contributed by atoms with E-state index in [2.05, 4.69) is 39.1 Å². The molecule has 19 heteroatoms. The predicted molar refractivity (Wildman–Crippen MR) is 238 cm³/mol. The van der Waals surface area contributed by atoms with E-state index in [4.69, 9.17) is 36.5 Å². The van der Waals surface area contributed by atoms with Crippen LogP contribution in [0, 0.1) is 11.3 Å². The molecule has 6 heterocycles. The second kappa shape index (κ2) is 16.9. The number of anilines is 1. The van der Waals surface area contributed by atoms with Gasteiger partial charge in [0.15, 0.2) is 6.10 Å². The zero-order valence-electron chi connectivity index (χ0n) is 37.9. The number of fused-ring (bicyclic) bond motifs is 6. The van der Waals surface area contributed by atoms with Crippen LogP contribution < -0.4 is 9.64 Å². The molecule has 2 bridgehead atoms. The van der Waals surface area contributed by atoms with Gasteiger partial charge in [0, 0.05) is 90.9 Å². The fourth-order valence-corrected chi connectivity index (χ4v) is 13.5. The van der Waals surface area contributed by atoms with Gasteiger partial charge >= 0.3 is 28.3 Å². The number of rotatable bonds is 7. The standard InChI is InChI=1S/C46H58N4O9.H2O4S.H2O/c1-8-42(54)23-28-24-45(40(52)57-6,36-30(15-19-49(25-28)26-42)29-13-10-11-14-33(29)47-36)32-21-31-34(22-35(32)56-5)48(4)38-44(31)17-20-50-18-12-16-43(9-2,37(44)50)39(59-27(3)51)46(38,55)41(53)58-7;1-5(2,3)4;/h10-14,16,21-22,28,37-39,47,54-55H,8-9,15,17-20,23-26H2,1-7H3;(H2,1,2,3,4);1H2/t28-,37-,38+,39+,42-,43+,44+,45-,46-;;/m0../s1. The first-order chi connectivity index (χ1) is 30.2. The topological polar surface area (TPSA) is 260 Å². The highest BCUT2D eigenvalue weighted by Gasteiger charge is 2.80. The van der Waals surface area contributed by atoms with Crippen LogP contribution in [-0.4, -0.2) is 156 Å². The van der Waals surface area contributed by atoms with Gasteiger partial charge in [0.25, 0.3) is 0 Å². The molecule has 3 aromatic rings. The van der Waals surface area contributed by atoms with E-state index in [-0.39, 0.29) is 17.4 Å². The maximum Gasteiger partial charge on any atom is 0.394 e. The van der Waals surface area contributed by atoms with E-state index in [1.54, 1.807) is 7.11 Å². The summed E-state index contributed by atoms with van der Waals surface area (Å²) >= 11 is 0. The van der Waals surface area contributed by atoms with E-state index >= 15 is 4.79 Å². The normalized spacial score (nSPS) is 34.4. The minimum atomic E-state index is -4.67. The number of piperidine rings is 1. The van der Waals surface area contributed by atoms with Gasteiger partial charge in [0.2, 0.25) is 5.60 Å². The van der Waals surface area contributed by atoms with Gasteiger partial charge in [0.1, 0.15) is 11.2 Å². The van der Waals surface area contributed by atoms with Crippen molar-refractivity contribution in [3.63, 3.8) is 0 Å². The van der Waals surface area contributed by atoms with Crippen molar-refractivity contribution in [2.75, 3.05) is 66.0 Å². The fourth-order valence-electron chi connectivity index (χ4n) is 13.5. The first-order valence-electron chi connectivity index (χ1n) is 21.9. The number of carbonyl (C=O) groups is 3. The van der Waals surface area contributed by atoms with E-state index in [1.807, 2.05) is 50.1 Å². The van der Waals surface area contributed by atoms with Crippen LogP contribution >= 0.6 is 0 Å². The zero-order valence-corrected chi connectivity index (χ0v) is 38.7.